The molecule has 2 heterocycles. The van der Waals surface area contributed by atoms with Crippen LogP contribution in [-0.2, 0) is 17.8 Å². The molecule has 0 saturated carbocycles. The van der Waals surface area contributed by atoms with Crippen LogP contribution in [0, 0.1) is 0 Å². The van der Waals surface area contributed by atoms with Gasteiger partial charge in [-0.25, -0.2) is 14.3 Å². The Morgan fingerprint density at radius 3 is 2.83 bits per heavy atom. The first kappa shape index (κ1) is 15.9. The summed E-state index contributed by atoms with van der Waals surface area (Å²) in [5.41, 5.74) is 2.37. The molecule has 0 aliphatic heterocycles. The molecule has 2 N–H and O–H groups in total. The van der Waals surface area contributed by atoms with Crippen molar-refractivity contribution in [2.24, 2.45) is 0 Å². The maximum absolute atomic E-state index is 12.1. The molecule has 7 nitrogen and oxygen atoms in total. The summed E-state index contributed by atoms with van der Waals surface area (Å²) in [6.45, 7) is 0.880. The summed E-state index contributed by atoms with van der Waals surface area (Å²) in [5.74, 6) is 0.566. The molecule has 2 aromatic heterocycles. The third-order valence-corrected chi connectivity index (χ3v) is 3.47. The van der Waals surface area contributed by atoms with Crippen molar-refractivity contribution in [3.8, 4) is 0 Å². The Labute approximate surface area is 139 Å². The number of urea groups is 1. The van der Waals surface area contributed by atoms with E-state index in [0.29, 0.717) is 30.3 Å². The number of carbonyl (C=O) groups is 1. The number of benzene rings is 1. The van der Waals surface area contributed by atoms with Crippen molar-refractivity contribution in [2.45, 2.75) is 13.0 Å². The van der Waals surface area contributed by atoms with Gasteiger partial charge in [0.15, 0.2) is 11.5 Å². The molecule has 1 aromatic carbocycles. The molecule has 0 aliphatic rings. The highest BCUT2D eigenvalue weighted by molar-refractivity contribution is 5.92. The highest BCUT2D eigenvalue weighted by atomic mass is 16.5. The van der Waals surface area contributed by atoms with Gasteiger partial charge in [0, 0.05) is 19.9 Å². The summed E-state index contributed by atoms with van der Waals surface area (Å²) in [5, 5.41) is 9.94. The van der Waals surface area contributed by atoms with Gasteiger partial charge in [0.25, 0.3) is 0 Å². The van der Waals surface area contributed by atoms with Crippen molar-refractivity contribution in [3.05, 3.63) is 60.0 Å². The van der Waals surface area contributed by atoms with E-state index in [1.165, 1.54) is 5.56 Å². The first-order valence-electron chi connectivity index (χ1n) is 7.68. The van der Waals surface area contributed by atoms with Gasteiger partial charge < -0.3 is 15.4 Å². The second-order valence-electron chi connectivity index (χ2n) is 5.27. The highest BCUT2D eigenvalue weighted by Crippen LogP contribution is 2.14. The number of pyridine rings is 1. The Bertz CT molecular complexity index is 816. The monoisotopic (exact) mass is 325 g/mol. The lowest BCUT2D eigenvalue weighted by molar-refractivity contribution is 0.178. The van der Waals surface area contributed by atoms with Gasteiger partial charge in [0.05, 0.1) is 5.69 Å². The zero-order valence-electron chi connectivity index (χ0n) is 13.4. The van der Waals surface area contributed by atoms with Crippen molar-refractivity contribution < 1.29 is 9.53 Å². The lowest BCUT2D eigenvalue weighted by Crippen LogP contribution is -2.30. The average Bonchev–Trinajstić information content (AvgIpc) is 3.00. The number of fused-ring (bicyclic) bond motifs is 1. The van der Waals surface area contributed by atoms with Crippen LogP contribution < -0.4 is 10.6 Å². The lowest BCUT2D eigenvalue weighted by atomic mass is 10.1. The van der Waals surface area contributed by atoms with Gasteiger partial charge in [-0.3, -0.25) is 0 Å². The summed E-state index contributed by atoms with van der Waals surface area (Å²) in [4.78, 5) is 16.4. The number of ether oxygens (including phenoxy) is 1. The number of aromatic nitrogens is 3. The Kier molecular flexibility index (Phi) is 5.02. The SMILES string of the molecule is COCc1nc2c(NC(=O)NCCc3ccccc3)cccn2n1. The van der Waals surface area contributed by atoms with Crippen LogP contribution in [-0.4, -0.2) is 34.3 Å². The zero-order valence-corrected chi connectivity index (χ0v) is 13.4. The summed E-state index contributed by atoms with van der Waals surface area (Å²) < 4.78 is 6.65. The van der Waals surface area contributed by atoms with E-state index in [4.69, 9.17) is 4.74 Å². The molecule has 124 valence electrons. The number of methoxy groups -OCH3 is 1. The van der Waals surface area contributed by atoms with E-state index in [1.807, 2.05) is 30.3 Å². The number of hydrogen-bond donors (Lipinski definition) is 2. The number of nitrogens with one attached hydrogen (secondary N) is 2. The van der Waals surface area contributed by atoms with Crippen LogP contribution in [0.2, 0.25) is 0 Å². The van der Waals surface area contributed by atoms with Gasteiger partial charge in [-0.1, -0.05) is 30.3 Å². The Hall–Kier alpha value is -2.93. The van der Waals surface area contributed by atoms with Gasteiger partial charge in [-0.05, 0) is 24.1 Å². The van der Waals surface area contributed by atoms with Crippen LogP contribution in [0.3, 0.4) is 0 Å². The molecule has 0 unspecified atom stereocenters. The predicted molar refractivity (Wildman–Crippen MR) is 90.9 cm³/mol. The van der Waals surface area contributed by atoms with Crippen LogP contribution in [0.25, 0.3) is 5.65 Å². The van der Waals surface area contributed by atoms with Crippen LogP contribution in [0.1, 0.15) is 11.4 Å². The Morgan fingerprint density at radius 2 is 2.04 bits per heavy atom. The van der Waals surface area contributed by atoms with Gasteiger partial charge in [-0.2, -0.15) is 0 Å². The van der Waals surface area contributed by atoms with E-state index < -0.39 is 0 Å². The van der Waals surface area contributed by atoms with Crippen LogP contribution in [0.4, 0.5) is 10.5 Å². The third-order valence-electron chi connectivity index (χ3n) is 3.47. The molecule has 0 aliphatic carbocycles. The first-order chi connectivity index (χ1) is 11.8. The van der Waals surface area contributed by atoms with Gasteiger partial charge in [0.1, 0.15) is 6.61 Å². The molecule has 0 bridgehead atoms. The standard InChI is InChI=1S/C17H19N5O2/c1-24-12-15-20-16-14(8-5-11-22(16)21-15)19-17(23)18-10-9-13-6-3-2-4-7-13/h2-8,11H,9-10,12H2,1H3,(H2,18,19,23). The third kappa shape index (κ3) is 3.88. The van der Waals surface area contributed by atoms with E-state index in [0.717, 1.165) is 6.42 Å². The molecule has 24 heavy (non-hydrogen) atoms. The van der Waals surface area contributed by atoms with E-state index >= 15 is 0 Å². The van der Waals surface area contributed by atoms with Crippen LogP contribution in [0.5, 0.6) is 0 Å². The molecule has 0 atom stereocenters. The smallest absolute Gasteiger partial charge is 0.319 e. The molecular weight excluding hydrogens is 306 g/mol. The van der Waals surface area contributed by atoms with Gasteiger partial charge in [0.2, 0.25) is 0 Å². The van der Waals surface area contributed by atoms with E-state index in [1.54, 1.807) is 30.0 Å². The number of nitrogens with zero attached hydrogens (tertiary/aromatic N) is 3. The van der Waals surface area contributed by atoms with Crippen molar-refractivity contribution in [3.63, 3.8) is 0 Å². The minimum atomic E-state index is -0.268. The molecule has 0 saturated heterocycles. The molecule has 7 heteroatoms. The number of hydrogen-bond acceptors (Lipinski definition) is 4. The first-order valence-corrected chi connectivity index (χ1v) is 7.68. The minimum Gasteiger partial charge on any atom is -0.377 e. The zero-order chi connectivity index (χ0) is 16.8. The lowest BCUT2D eigenvalue weighted by Gasteiger charge is -2.08. The van der Waals surface area contributed by atoms with Crippen molar-refractivity contribution in [2.75, 3.05) is 19.0 Å². The molecule has 3 rings (SSSR count). The fourth-order valence-electron chi connectivity index (χ4n) is 2.37. The van der Waals surface area contributed by atoms with Crippen molar-refractivity contribution in [1.82, 2.24) is 19.9 Å². The fourth-order valence-corrected chi connectivity index (χ4v) is 2.37. The van der Waals surface area contributed by atoms with Gasteiger partial charge >= 0.3 is 6.03 Å². The number of carbonyl (C=O) groups excluding carboxylic acids is 1. The maximum atomic E-state index is 12.1. The van der Waals surface area contributed by atoms with Gasteiger partial charge in [-0.15, -0.1) is 5.10 Å². The predicted octanol–water partition coefficient (Wildman–Crippen LogP) is 2.24. The highest BCUT2D eigenvalue weighted by Gasteiger charge is 2.10. The van der Waals surface area contributed by atoms with Crippen LogP contribution in [0.15, 0.2) is 48.7 Å². The summed E-state index contributed by atoms with van der Waals surface area (Å²) in [6.07, 6.45) is 2.56. The number of amides is 2. The molecule has 0 radical (unpaired) electrons. The Balaban J connectivity index is 1.60. The summed E-state index contributed by atoms with van der Waals surface area (Å²) in [7, 11) is 1.59. The van der Waals surface area contributed by atoms with E-state index in [2.05, 4.69) is 20.7 Å². The van der Waals surface area contributed by atoms with E-state index in [-0.39, 0.29) is 6.03 Å². The fraction of sp³-hybridized carbons (Fsp3) is 0.235. The van der Waals surface area contributed by atoms with Crippen molar-refractivity contribution in [1.29, 1.82) is 0 Å². The topological polar surface area (TPSA) is 80.5 Å². The van der Waals surface area contributed by atoms with Crippen molar-refractivity contribution >= 4 is 17.4 Å². The molecule has 2 amide bonds. The second-order valence-corrected chi connectivity index (χ2v) is 5.27. The number of rotatable bonds is 6. The largest absolute Gasteiger partial charge is 0.377 e. The average molecular weight is 325 g/mol. The molecular formula is C17H19N5O2. The normalized spacial score (nSPS) is 10.7. The molecule has 0 spiro atoms. The van der Waals surface area contributed by atoms with E-state index in [9.17, 15) is 4.79 Å². The Morgan fingerprint density at radius 1 is 1.21 bits per heavy atom. The second kappa shape index (κ2) is 7.56. The van der Waals surface area contributed by atoms with Crippen LogP contribution >= 0.6 is 0 Å². The quantitative estimate of drug-likeness (QED) is 0.728. The summed E-state index contributed by atoms with van der Waals surface area (Å²) in [6, 6.07) is 13.3. The number of anilines is 1. The summed E-state index contributed by atoms with van der Waals surface area (Å²) >= 11 is 0. The maximum Gasteiger partial charge on any atom is 0.319 e. The molecule has 3 aromatic rings. The molecule has 0 fully saturated rings. The minimum absolute atomic E-state index is 0.268.